The standard InChI is InChI=1S/C37H50O6Si2/c1-36(2,3)44(7,8)42-27-15-17-31-32(23-27)40-20-18-30-29-16-14-28(43-45(9,10)37(4,5)6)24-33(29)41-35(34(30)31)25-12-11-13-26(22-25)39-21-19-38/h11-17,22-24,35,38H,18-21H2,1-10H3/t35-/m1/s1. The minimum atomic E-state index is -2.05. The van der Waals surface area contributed by atoms with Crippen LogP contribution in [0.3, 0.4) is 0 Å². The normalized spacial score (nSPS) is 16.8. The summed E-state index contributed by atoms with van der Waals surface area (Å²) in [7, 11) is -4.09. The molecule has 242 valence electrons. The van der Waals surface area contributed by atoms with Crippen LogP contribution in [-0.4, -0.2) is 41.6 Å². The van der Waals surface area contributed by atoms with E-state index in [2.05, 4.69) is 110 Å². The summed E-state index contributed by atoms with van der Waals surface area (Å²) in [6, 6.07) is 20.5. The molecule has 1 N–H and O–H groups in total. The maximum absolute atomic E-state index is 9.36. The highest BCUT2D eigenvalue weighted by atomic mass is 28.4. The van der Waals surface area contributed by atoms with E-state index in [0.717, 1.165) is 51.7 Å². The lowest BCUT2D eigenvalue weighted by atomic mass is 9.84. The van der Waals surface area contributed by atoms with Crippen molar-refractivity contribution in [2.24, 2.45) is 0 Å². The van der Waals surface area contributed by atoms with E-state index in [0.29, 0.717) is 12.4 Å². The Bertz CT molecular complexity index is 1580. The number of ether oxygens (including phenoxy) is 3. The zero-order valence-corrected chi connectivity index (χ0v) is 30.7. The van der Waals surface area contributed by atoms with Gasteiger partial charge in [0.15, 0.2) is 6.10 Å². The van der Waals surface area contributed by atoms with Crippen LogP contribution in [0.1, 0.15) is 70.8 Å². The monoisotopic (exact) mass is 646 g/mol. The first kappa shape index (κ1) is 33.2. The Kier molecular flexibility index (Phi) is 8.98. The van der Waals surface area contributed by atoms with Gasteiger partial charge in [-0.2, -0.15) is 0 Å². The van der Waals surface area contributed by atoms with Crippen LogP contribution in [0.4, 0.5) is 0 Å². The predicted octanol–water partition coefficient (Wildman–Crippen LogP) is 9.65. The fourth-order valence-electron chi connectivity index (χ4n) is 5.21. The van der Waals surface area contributed by atoms with E-state index in [4.69, 9.17) is 23.1 Å². The summed E-state index contributed by atoms with van der Waals surface area (Å²) in [4.78, 5) is 0. The van der Waals surface area contributed by atoms with Crippen molar-refractivity contribution in [2.75, 3.05) is 19.8 Å². The van der Waals surface area contributed by atoms with Gasteiger partial charge in [-0.3, -0.25) is 0 Å². The van der Waals surface area contributed by atoms with Crippen LogP contribution in [0, 0.1) is 0 Å². The van der Waals surface area contributed by atoms with E-state index < -0.39 is 22.7 Å². The molecular formula is C37H50O6Si2. The highest BCUT2D eigenvalue weighted by Crippen LogP contribution is 2.53. The molecule has 5 rings (SSSR count). The molecular weight excluding hydrogens is 597 g/mol. The smallest absolute Gasteiger partial charge is 0.250 e. The molecule has 2 aliphatic rings. The van der Waals surface area contributed by atoms with E-state index in [9.17, 15) is 5.11 Å². The van der Waals surface area contributed by atoms with E-state index in [1.165, 1.54) is 5.57 Å². The van der Waals surface area contributed by atoms with E-state index >= 15 is 0 Å². The predicted molar refractivity (Wildman–Crippen MR) is 188 cm³/mol. The third-order valence-corrected chi connectivity index (χ3v) is 18.6. The van der Waals surface area contributed by atoms with Crippen LogP contribution in [0.15, 0.2) is 60.7 Å². The van der Waals surface area contributed by atoms with Crippen molar-refractivity contribution in [2.45, 2.75) is 90.3 Å². The maximum Gasteiger partial charge on any atom is 0.250 e. The van der Waals surface area contributed by atoms with Crippen LogP contribution in [0.25, 0.3) is 11.1 Å². The number of rotatable bonds is 8. The lowest BCUT2D eigenvalue weighted by molar-refractivity contribution is 0.200. The van der Waals surface area contributed by atoms with Gasteiger partial charge >= 0.3 is 0 Å². The molecule has 2 aliphatic heterocycles. The van der Waals surface area contributed by atoms with E-state index in [-0.39, 0.29) is 23.3 Å². The zero-order chi connectivity index (χ0) is 32.8. The van der Waals surface area contributed by atoms with Gasteiger partial charge in [0, 0.05) is 40.8 Å². The molecule has 0 aliphatic carbocycles. The Labute approximate surface area is 271 Å². The molecule has 0 saturated heterocycles. The van der Waals surface area contributed by atoms with Crippen molar-refractivity contribution in [1.29, 1.82) is 0 Å². The summed E-state index contributed by atoms with van der Waals surface area (Å²) in [5.74, 6) is 3.97. The second kappa shape index (κ2) is 12.2. The van der Waals surface area contributed by atoms with Crippen LogP contribution < -0.4 is 23.1 Å². The molecule has 0 aromatic heterocycles. The summed E-state index contributed by atoms with van der Waals surface area (Å²) in [5, 5.41) is 9.51. The van der Waals surface area contributed by atoms with Gasteiger partial charge in [-0.15, -0.1) is 0 Å². The van der Waals surface area contributed by atoms with Gasteiger partial charge in [-0.25, -0.2) is 0 Å². The zero-order valence-electron chi connectivity index (χ0n) is 28.7. The second-order valence-corrected chi connectivity index (χ2v) is 24.6. The number of aliphatic hydroxyl groups excluding tert-OH is 1. The SMILES string of the molecule is CC(C)(C)[Si](C)(C)Oc1ccc2c(c1)O[C@H](c1cccc(OCCO)c1)C1=C2CCOc2cc(O[Si](C)(C)C(C)(C)C)ccc21. The molecule has 0 amide bonds. The fourth-order valence-corrected chi connectivity index (χ4v) is 7.25. The number of fused-ring (bicyclic) bond motifs is 4. The van der Waals surface area contributed by atoms with Gasteiger partial charge in [0.05, 0.1) is 13.2 Å². The largest absolute Gasteiger partial charge is 0.543 e. The quantitative estimate of drug-likeness (QED) is 0.246. The summed E-state index contributed by atoms with van der Waals surface area (Å²) in [6.07, 6.45) is 0.333. The highest BCUT2D eigenvalue weighted by Gasteiger charge is 2.41. The van der Waals surface area contributed by atoms with Gasteiger partial charge < -0.3 is 28.2 Å². The Morgan fingerprint density at radius 3 is 1.96 bits per heavy atom. The van der Waals surface area contributed by atoms with Crippen molar-refractivity contribution in [3.05, 3.63) is 77.4 Å². The summed E-state index contributed by atoms with van der Waals surface area (Å²) < 4.78 is 32.6. The highest BCUT2D eigenvalue weighted by molar-refractivity contribution is 6.75. The summed E-state index contributed by atoms with van der Waals surface area (Å²) >= 11 is 0. The van der Waals surface area contributed by atoms with Crippen LogP contribution in [-0.2, 0) is 0 Å². The molecule has 3 aromatic carbocycles. The lowest BCUT2D eigenvalue weighted by Gasteiger charge is -2.37. The first-order valence-electron chi connectivity index (χ1n) is 16.0. The number of hydrogen-bond donors (Lipinski definition) is 1. The molecule has 0 unspecified atom stereocenters. The third kappa shape index (κ3) is 6.83. The van der Waals surface area contributed by atoms with Gasteiger partial charge in [0.2, 0.25) is 16.6 Å². The fraction of sp³-hybridized carbons (Fsp3) is 0.459. The molecule has 2 heterocycles. The number of benzene rings is 3. The van der Waals surface area contributed by atoms with Gasteiger partial charge in [0.25, 0.3) is 0 Å². The van der Waals surface area contributed by atoms with Crippen LogP contribution >= 0.6 is 0 Å². The summed E-state index contributed by atoms with van der Waals surface area (Å²) in [5.41, 5.74) is 5.33. The van der Waals surface area contributed by atoms with Crippen molar-refractivity contribution in [3.63, 3.8) is 0 Å². The molecule has 0 bridgehead atoms. The van der Waals surface area contributed by atoms with Crippen LogP contribution in [0.2, 0.25) is 36.3 Å². The second-order valence-electron chi connectivity index (χ2n) is 15.2. The van der Waals surface area contributed by atoms with Crippen molar-refractivity contribution >= 4 is 27.8 Å². The first-order valence-corrected chi connectivity index (χ1v) is 21.9. The van der Waals surface area contributed by atoms with E-state index in [1.54, 1.807) is 0 Å². The molecule has 6 nitrogen and oxygen atoms in total. The minimum Gasteiger partial charge on any atom is -0.543 e. The molecule has 8 heteroatoms. The van der Waals surface area contributed by atoms with Gasteiger partial charge in [-0.1, -0.05) is 53.7 Å². The van der Waals surface area contributed by atoms with Crippen molar-refractivity contribution in [3.8, 4) is 28.7 Å². The maximum atomic E-state index is 9.36. The average molecular weight is 647 g/mol. The Morgan fingerprint density at radius 1 is 0.756 bits per heavy atom. The van der Waals surface area contributed by atoms with Gasteiger partial charge in [-0.05, 0) is 78.2 Å². The van der Waals surface area contributed by atoms with Crippen molar-refractivity contribution < 1.29 is 28.2 Å². The minimum absolute atomic E-state index is 0.0478. The number of aliphatic hydroxyl groups is 1. The average Bonchev–Trinajstić information content (AvgIpc) is 3.13. The molecule has 0 fully saturated rings. The Morgan fingerprint density at radius 2 is 1.36 bits per heavy atom. The van der Waals surface area contributed by atoms with Crippen molar-refractivity contribution in [1.82, 2.24) is 0 Å². The molecule has 0 spiro atoms. The van der Waals surface area contributed by atoms with Crippen LogP contribution in [0.5, 0.6) is 28.7 Å². The molecule has 1 atom stereocenters. The Hall–Kier alpha value is -3.21. The molecule has 3 aromatic rings. The Balaban J connectivity index is 1.63. The topological polar surface area (TPSA) is 66.4 Å². The molecule has 45 heavy (non-hydrogen) atoms. The lowest BCUT2D eigenvalue weighted by Crippen LogP contribution is -2.43. The van der Waals surface area contributed by atoms with Gasteiger partial charge in [0.1, 0.15) is 35.4 Å². The number of hydrogen-bond acceptors (Lipinski definition) is 6. The summed E-state index contributed by atoms with van der Waals surface area (Å²) in [6.45, 7) is 23.3. The third-order valence-electron chi connectivity index (χ3n) is 9.84. The first-order chi connectivity index (χ1) is 21.0. The van der Waals surface area contributed by atoms with E-state index in [1.807, 2.05) is 18.2 Å². The molecule has 0 radical (unpaired) electrons. The molecule has 0 saturated carbocycles.